The summed E-state index contributed by atoms with van der Waals surface area (Å²) in [6.45, 7) is 7.63. The van der Waals surface area contributed by atoms with Crippen molar-refractivity contribution in [2.45, 2.75) is 32.9 Å². The molecule has 5 nitrogen and oxygen atoms in total. The van der Waals surface area contributed by atoms with Crippen molar-refractivity contribution in [2.24, 2.45) is 0 Å². The molecule has 1 amide bonds. The first-order valence-electron chi connectivity index (χ1n) is 7.37. The zero-order chi connectivity index (χ0) is 15.2. The van der Waals surface area contributed by atoms with E-state index >= 15 is 0 Å². The highest BCUT2D eigenvalue weighted by atomic mass is 16.5. The Morgan fingerprint density at radius 2 is 1.95 bits per heavy atom. The predicted octanol–water partition coefficient (Wildman–Crippen LogP) is 2.10. The molecule has 1 aliphatic heterocycles. The van der Waals surface area contributed by atoms with E-state index in [2.05, 4.69) is 0 Å². The Balaban J connectivity index is 1.94. The average Bonchev–Trinajstić information content (AvgIpc) is 2.49. The number of carbonyl (C=O) groups is 1. The minimum Gasteiger partial charge on any atom is -0.490 e. The number of benzene rings is 1. The quantitative estimate of drug-likeness (QED) is 0.834. The smallest absolute Gasteiger partial charge is 0.260 e. The van der Waals surface area contributed by atoms with Gasteiger partial charge in [-0.05, 0) is 32.9 Å². The molecule has 2 rings (SSSR count). The van der Waals surface area contributed by atoms with Gasteiger partial charge < -0.3 is 19.1 Å². The highest BCUT2D eigenvalue weighted by Crippen LogP contribution is 2.26. The van der Waals surface area contributed by atoms with Crippen LogP contribution in [0.1, 0.15) is 20.8 Å². The number of hydrogen-bond donors (Lipinski definition) is 0. The van der Waals surface area contributed by atoms with Crippen LogP contribution in [0.5, 0.6) is 11.5 Å². The lowest BCUT2D eigenvalue weighted by molar-refractivity contribution is -0.145. The summed E-state index contributed by atoms with van der Waals surface area (Å²) in [5, 5.41) is 0. The first-order valence-corrected chi connectivity index (χ1v) is 7.37. The monoisotopic (exact) mass is 293 g/mol. The Hall–Kier alpha value is -1.75. The van der Waals surface area contributed by atoms with Crippen molar-refractivity contribution in [1.82, 2.24) is 4.90 Å². The predicted molar refractivity (Wildman–Crippen MR) is 79.7 cm³/mol. The SMILES string of the molecule is CCOc1ccccc1OCC(=O)N1CC(C)OCC1C. The molecule has 1 saturated heterocycles. The summed E-state index contributed by atoms with van der Waals surface area (Å²) in [6, 6.07) is 7.47. The fourth-order valence-corrected chi connectivity index (χ4v) is 2.32. The van der Waals surface area contributed by atoms with Gasteiger partial charge in [0.25, 0.3) is 5.91 Å². The summed E-state index contributed by atoms with van der Waals surface area (Å²) in [6.07, 6.45) is 0.0702. The van der Waals surface area contributed by atoms with Crippen molar-refractivity contribution in [3.63, 3.8) is 0 Å². The summed E-state index contributed by atoms with van der Waals surface area (Å²) >= 11 is 0. The van der Waals surface area contributed by atoms with Crippen molar-refractivity contribution in [1.29, 1.82) is 0 Å². The van der Waals surface area contributed by atoms with E-state index in [-0.39, 0.29) is 24.7 Å². The van der Waals surface area contributed by atoms with Gasteiger partial charge in [-0.3, -0.25) is 4.79 Å². The van der Waals surface area contributed by atoms with Gasteiger partial charge in [-0.15, -0.1) is 0 Å². The maximum atomic E-state index is 12.3. The Kier molecular flexibility index (Phi) is 5.44. The Morgan fingerprint density at radius 3 is 2.62 bits per heavy atom. The second-order valence-corrected chi connectivity index (χ2v) is 5.21. The highest BCUT2D eigenvalue weighted by molar-refractivity contribution is 5.78. The van der Waals surface area contributed by atoms with E-state index in [1.54, 1.807) is 0 Å². The molecule has 1 fully saturated rings. The van der Waals surface area contributed by atoms with Crippen molar-refractivity contribution in [2.75, 3.05) is 26.4 Å². The molecule has 0 radical (unpaired) electrons. The number of para-hydroxylation sites is 2. The van der Waals surface area contributed by atoms with Crippen molar-refractivity contribution in [3.05, 3.63) is 24.3 Å². The summed E-state index contributed by atoms with van der Waals surface area (Å²) < 4.78 is 16.6. The van der Waals surface area contributed by atoms with Crippen LogP contribution in [0.3, 0.4) is 0 Å². The minimum absolute atomic E-state index is 0.0150. The van der Waals surface area contributed by atoms with Crippen LogP contribution in [0.15, 0.2) is 24.3 Å². The van der Waals surface area contributed by atoms with Crippen LogP contribution in [-0.2, 0) is 9.53 Å². The van der Waals surface area contributed by atoms with Gasteiger partial charge in [0.2, 0.25) is 0 Å². The first-order chi connectivity index (χ1) is 10.1. The van der Waals surface area contributed by atoms with E-state index in [9.17, 15) is 4.79 Å². The third kappa shape index (κ3) is 4.11. The maximum absolute atomic E-state index is 12.3. The molecule has 116 valence electrons. The minimum atomic E-state index is -0.0241. The van der Waals surface area contributed by atoms with E-state index in [0.29, 0.717) is 31.3 Å². The van der Waals surface area contributed by atoms with Crippen molar-refractivity contribution < 1.29 is 19.0 Å². The number of morpholine rings is 1. The highest BCUT2D eigenvalue weighted by Gasteiger charge is 2.27. The number of nitrogens with zero attached hydrogens (tertiary/aromatic N) is 1. The van der Waals surface area contributed by atoms with Crippen LogP contribution in [0.2, 0.25) is 0 Å². The lowest BCUT2D eigenvalue weighted by Gasteiger charge is -2.36. The molecule has 1 aromatic carbocycles. The Morgan fingerprint density at radius 1 is 1.29 bits per heavy atom. The molecule has 5 heteroatoms. The van der Waals surface area contributed by atoms with Gasteiger partial charge >= 0.3 is 0 Å². The van der Waals surface area contributed by atoms with E-state index in [1.807, 2.05) is 49.9 Å². The maximum Gasteiger partial charge on any atom is 0.260 e. The summed E-state index contributed by atoms with van der Waals surface area (Å²) in [4.78, 5) is 14.1. The lowest BCUT2D eigenvalue weighted by Crippen LogP contribution is -2.51. The molecule has 2 atom stereocenters. The number of hydrogen-bond acceptors (Lipinski definition) is 4. The van der Waals surface area contributed by atoms with Crippen LogP contribution < -0.4 is 9.47 Å². The third-order valence-electron chi connectivity index (χ3n) is 3.43. The zero-order valence-corrected chi connectivity index (χ0v) is 12.9. The average molecular weight is 293 g/mol. The molecule has 0 saturated carbocycles. The van der Waals surface area contributed by atoms with Gasteiger partial charge in [-0.2, -0.15) is 0 Å². The lowest BCUT2D eigenvalue weighted by atomic mass is 10.2. The third-order valence-corrected chi connectivity index (χ3v) is 3.43. The summed E-state index contributed by atoms with van der Waals surface area (Å²) in [5.41, 5.74) is 0. The normalized spacial score (nSPS) is 22.0. The zero-order valence-electron chi connectivity index (χ0n) is 12.9. The molecule has 0 aromatic heterocycles. The molecule has 0 N–H and O–H groups in total. The first kappa shape index (κ1) is 15.6. The van der Waals surface area contributed by atoms with Gasteiger partial charge in [0.1, 0.15) is 0 Å². The second kappa shape index (κ2) is 7.31. The topological polar surface area (TPSA) is 48.0 Å². The molecule has 21 heavy (non-hydrogen) atoms. The molecule has 2 unspecified atom stereocenters. The molecule has 1 aliphatic rings. The summed E-state index contributed by atoms with van der Waals surface area (Å²) in [5.74, 6) is 1.24. The molecular weight excluding hydrogens is 270 g/mol. The van der Waals surface area contributed by atoms with Gasteiger partial charge in [0.05, 0.1) is 25.4 Å². The number of amides is 1. The van der Waals surface area contributed by atoms with Crippen LogP contribution in [-0.4, -0.2) is 49.3 Å². The molecule has 0 spiro atoms. The van der Waals surface area contributed by atoms with Crippen LogP contribution in [0.4, 0.5) is 0 Å². The Labute approximate surface area is 125 Å². The van der Waals surface area contributed by atoms with E-state index < -0.39 is 0 Å². The van der Waals surface area contributed by atoms with Gasteiger partial charge in [0, 0.05) is 6.54 Å². The fourth-order valence-electron chi connectivity index (χ4n) is 2.32. The fraction of sp³-hybridized carbons (Fsp3) is 0.562. The van der Waals surface area contributed by atoms with Gasteiger partial charge in [-0.25, -0.2) is 0 Å². The molecule has 0 bridgehead atoms. The molecule has 1 aromatic rings. The number of rotatable bonds is 5. The number of carbonyl (C=O) groups excluding carboxylic acids is 1. The van der Waals surface area contributed by atoms with Gasteiger partial charge in [-0.1, -0.05) is 12.1 Å². The van der Waals surface area contributed by atoms with E-state index in [0.717, 1.165) is 0 Å². The van der Waals surface area contributed by atoms with Gasteiger partial charge in [0.15, 0.2) is 18.1 Å². The van der Waals surface area contributed by atoms with Crippen LogP contribution in [0.25, 0.3) is 0 Å². The van der Waals surface area contributed by atoms with Crippen LogP contribution in [0, 0.1) is 0 Å². The van der Waals surface area contributed by atoms with Crippen molar-refractivity contribution in [3.8, 4) is 11.5 Å². The van der Waals surface area contributed by atoms with E-state index in [4.69, 9.17) is 14.2 Å². The van der Waals surface area contributed by atoms with Crippen molar-refractivity contribution >= 4 is 5.91 Å². The summed E-state index contributed by atoms with van der Waals surface area (Å²) in [7, 11) is 0. The van der Waals surface area contributed by atoms with Crippen LogP contribution >= 0.6 is 0 Å². The number of ether oxygens (including phenoxy) is 3. The molecule has 0 aliphatic carbocycles. The Bertz CT molecular complexity index is 477. The second-order valence-electron chi connectivity index (χ2n) is 5.21. The molecular formula is C16H23NO4. The largest absolute Gasteiger partial charge is 0.490 e. The van der Waals surface area contributed by atoms with E-state index in [1.165, 1.54) is 0 Å². The molecule has 1 heterocycles. The standard InChI is InChI=1S/C16H23NO4/c1-4-19-14-7-5-6-8-15(14)21-11-16(18)17-9-13(3)20-10-12(17)2/h5-8,12-13H,4,9-11H2,1-3H3.